The number of hydrogen-bond donors (Lipinski definition) is 1. The Morgan fingerprint density at radius 2 is 1.86 bits per heavy atom. The highest BCUT2D eigenvalue weighted by atomic mass is 32.2. The summed E-state index contributed by atoms with van der Waals surface area (Å²) in [5.41, 5.74) is 4.40. The molecule has 152 valence electrons. The molecule has 1 unspecified atom stereocenters. The second-order valence-electron chi connectivity index (χ2n) is 7.59. The van der Waals surface area contributed by atoms with Gasteiger partial charge in [-0.25, -0.2) is 0 Å². The van der Waals surface area contributed by atoms with Gasteiger partial charge in [0, 0.05) is 0 Å². The van der Waals surface area contributed by atoms with Crippen molar-refractivity contribution in [2.24, 2.45) is 5.92 Å². The molecule has 1 heterocycles. The van der Waals surface area contributed by atoms with Crippen molar-refractivity contribution in [2.75, 3.05) is 5.75 Å². The van der Waals surface area contributed by atoms with Crippen molar-refractivity contribution in [1.82, 2.24) is 25.5 Å². The average molecular weight is 410 g/mol. The maximum absolute atomic E-state index is 12.6. The zero-order valence-electron chi connectivity index (χ0n) is 17.3. The summed E-state index contributed by atoms with van der Waals surface area (Å²) >= 11 is 1.34. The number of rotatable bonds is 8. The van der Waals surface area contributed by atoms with E-state index in [9.17, 15) is 4.79 Å². The molecule has 0 fully saturated rings. The molecule has 3 rings (SSSR count). The summed E-state index contributed by atoms with van der Waals surface area (Å²) in [6.45, 7) is 8.45. The number of aryl methyl sites for hydroxylation is 2. The predicted molar refractivity (Wildman–Crippen MR) is 116 cm³/mol. The maximum atomic E-state index is 12.6. The van der Waals surface area contributed by atoms with Crippen molar-refractivity contribution in [3.05, 3.63) is 65.2 Å². The summed E-state index contributed by atoms with van der Waals surface area (Å²) in [6.07, 6.45) is 0.890. The molecule has 6 nitrogen and oxygen atoms in total. The maximum Gasteiger partial charge on any atom is 0.230 e. The van der Waals surface area contributed by atoms with Gasteiger partial charge in [0.25, 0.3) is 0 Å². The zero-order chi connectivity index (χ0) is 20.8. The van der Waals surface area contributed by atoms with Crippen LogP contribution in [0.5, 0.6) is 0 Å². The van der Waals surface area contributed by atoms with Gasteiger partial charge in [0.15, 0.2) is 0 Å². The van der Waals surface area contributed by atoms with E-state index < -0.39 is 0 Å². The first-order valence-electron chi connectivity index (χ1n) is 9.77. The quantitative estimate of drug-likeness (QED) is 0.562. The molecule has 0 saturated heterocycles. The summed E-state index contributed by atoms with van der Waals surface area (Å²) in [4.78, 5) is 12.6. The molecule has 0 aliphatic carbocycles. The van der Waals surface area contributed by atoms with Gasteiger partial charge in [0.05, 0.1) is 17.5 Å². The number of nitrogens with zero attached hydrogens (tertiary/aromatic N) is 4. The smallest absolute Gasteiger partial charge is 0.230 e. The molecule has 2 aromatic carbocycles. The number of carbonyl (C=O) groups is 1. The van der Waals surface area contributed by atoms with Gasteiger partial charge in [-0.1, -0.05) is 62.0 Å². The van der Waals surface area contributed by atoms with E-state index in [1.807, 2.05) is 36.4 Å². The first-order chi connectivity index (χ1) is 13.9. The van der Waals surface area contributed by atoms with E-state index in [4.69, 9.17) is 0 Å². The normalized spacial score (nSPS) is 12.2. The van der Waals surface area contributed by atoms with Crippen molar-refractivity contribution >= 4 is 17.7 Å². The molecule has 3 aromatic rings. The molecule has 1 aromatic heterocycles. The van der Waals surface area contributed by atoms with Crippen LogP contribution in [0.25, 0.3) is 5.69 Å². The molecule has 1 amide bonds. The molecule has 1 N–H and O–H groups in total. The van der Waals surface area contributed by atoms with Gasteiger partial charge in [0.2, 0.25) is 11.1 Å². The van der Waals surface area contributed by atoms with Crippen molar-refractivity contribution < 1.29 is 4.79 Å². The second-order valence-corrected chi connectivity index (χ2v) is 8.53. The Balaban J connectivity index is 1.66. The Kier molecular flexibility index (Phi) is 7.04. The van der Waals surface area contributed by atoms with Crippen molar-refractivity contribution in [3.8, 4) is 5.69 Å². The third kappa shape index (κ3) is 5.67. The van der Waals surface area contributed by atoms with Crippen LogP contribution in [0.4, 0.5) is 0 Å². The van der Waals surface area contributed by atoms with Crippen LogP contribution in [-0.4, -0.2) is 31.9 Å². The van der Waals surface area contributed by atoms with Gasteiger partial charge in [-0.05, 0) is 65.4 Å². The molecule has 1 atom stereocenters. The lowest BCUT2D eigenvalue weighted by molar-refractivity contribution is -0.119. The van der Waals surface area contributed by atoms with Gasteiger partial charge in [-0.3, -0.25) is 4.79 Å². The number of amides is 1. The number of carbonyl (C=O) groups excluding carboxylic acids is 1. The Hall–Kier alpha value is -2.67. The van der Waals surface area contributed by atoms with Gasteiger partial charge < -0.3 is 5.32 Å². The monoisotopic (exact) mass is 409 g/mol. The van der Waals surface area contributed by atoms with Crippen molar-refractivity contribution in [1.29, 1.82) is 0 Å². The fourth-order valence-electron chi connectivity index (χ4n) is 3.09. The Labute approximate surface area is 176 Å². The molecule has 0 radical (unpaired) electrons. The van der Waals surface area contributed by atoms with E-state index in [0.717, 1.165) is 17.7 Å². The number of thioether (sulfide) groups is 1. The van der Waals surface area contributed by atoms with Crippen LogP contribution >= 0.6 is 11.8 Å². The molecule has 0 spiro atoms. The highest BCUT2D eigenvalue weighted by Gasteiger charge is 2.17. The topological polar surface area (TPSA) is 72.7 Å². The first-order valence-corrected chi connectivity index (χ1v) is 10.8. The molecular weight excluding hydrogens is 382 g/mol. The Morgan fingerprint density at radius 3 is 2.55 bits per heavy atom. The average Bonchev–Trinajstić information content (AvgIpc) is 3.17. The largest absolute Gasteiger partial charge is 0.349 e. The van der Waals surface area contributed by atoms with Gasteiger partial charge in [0.1, 0.15) is 0 Å². The minimum Gasteiger partial charge on any atom is -0.349 e. The van der Waals surface area contributed by atoms with Crippen LogP contribution in [0.2, 0.25) is 0 Å². The molecule has 0 saturated carbocycles. The van der Waals surface area contributed by atoms with Gasteiger partial charge >= 0.3 is 0 Å². The van der Waals surface area contributed by atoms with E-state index >= 15 is 0 Å². The molecular formula is C22H27N5OS. The number of benzene rings is 2. The number of aromatic nitrogens is 4. The third-order valence-corrected chi connectivity index (χ3v) is 5.67. The second kappa shape index (κ2) is 9.69. The summed E-state index contributed by atoms with van der Waals surface area (Å²) < 4.78 is 1.67. The lowest BCUT2D eigenvalue weighted by atomic mass is 9.97. The van der Waals surface area contributed by atoms with Gasteiger partial charge in [-0.2, -0.15) is 4.68 Å². The molecule has 7 heteroatoms. The van der Waals surface area contributed by atoms with E-state index in [-0.39, 0.29) is 17.7 Å². The van der Waals surface area contributed by atoms with E-state index in [0.29, 0.717) is 11.1 Å². The molecule has 0 aliphatic rings. The SMILES string of the molecule is Cc1ccc(-n2nnnc2SCC(=O)NC(CC(C)C)c2ccccc2)cc1C. The van der Waals surface area contributed by atoms with Crippen LogP contribution in [0.15, 0.2) is 53.7 Å². The first kappa shape index (κ1) is 21.0. The van der Waals surface area contributed by atoms with E-state index in [2.05, 4.69) is 60.7 Å². The Bertz CT molecular complexity index is 955. The third-order valence-electron chi connectivity index (χ3n) is 4.75. The Morgan fingerprint density at radius 1 is 1.10 bits per heavy atom. The van der Waals surface area contributed by atoms with Crippen molar-refractivity contribution in [3.63, 3.8) is 0 Å². The number of tetrazole rings is 1. The fraction of sp³-hybridized carbons (Fsp3) is 0.364. The zero-order valence-corrected chi connectivity index (χ0v) is 18.1. The highest BCUT2D eigenvalue weighted by Crippen LogP contribution is 2.23. The lowest BCUT2D eigenvalue weighted by Gasteiger charge is -2.21. The van der Waals surface area contributed by atoms with E-state index in [1.54, 1.807) is 4.68 Å². The van der Waals surface area contributed by atoms with Crippen LogP contribution in [-0.2, 0) is 4.79 Å². The van der Waals surface area contributed by atoms with E-state index in [1.165, 1.54) is 22.9 Å². The standard InChI is InChI=1S/C22H27N5OS/c1-15(2)12-20(18-8-6-5-7-9-18)23-21(28)14-29-22-24-25-26-27(22)19-11-10-16(3)17(4)13-19/h5-11,13,15,20H,12,14H2,1-4H3,(H,23,28). The van der Waals surface area contributed by atoms with Crippen LogP contribution < -0.4 is 5.32 Å². The summed E-state index contributed by atoms with van der Waals surface area (Å²) in [5.74, 6) is 0.705. The number of nitrogens with one attached hydrogen (secondary N) is 1. The minimum absolute atomic E-state index is 0.0000398. The predicted octanol–water partition coefficient (Wildman–Crippen LogP) is 4.27. The highest BCUT2D eigenvalue weighted by molar-refractivity contribution is 7.99. The van der Waals surface area contributed by atoms with Crippen LogP contribution in [0, 0.1) is 19.8 Å². The molecule has 29 heavy (non-hydrogen) atoms. The summed E-state index contributed by atoms with van der Waals surface area (Å²) in [5, 5.41) is 15.7. The minimum atomic E-state index is -0.0286. The lowest BCUT2D eigenvalue weighted by Crippen LogP contribution is -2.31. The summed E-state index contributed by atoms with van der Waals surface area (Å²) in [6, 6.07) is 16.2. The fourth-order valence-corrected chi connectivity index (χ4v) is 3.79. The van der Waals surface area contributed by atoms with Crippen molar-refractivity contribution in [2.45, 2.75) is 45.3 Å². The van der Waals surface area contributed by atoms with Gasteiger partial charge in [-0.15, -0.1) is 5.10 Å². The van der Waals surface area contributed by atoms with Crippen LogP contribution in [0.3, 0.4) is 0 Å². The molecule has 0 aliphatic heterocycles. The number of hydrogen-bond acceptors (Lipinski definition) is 5. The van der Waals surface area contributed by atoms with Crippen LogP contribution in [0.1, 0.15) is 43.0 Å². The molecule has 0 bridgehead atoms. The summed E-state index contributed by atoms with van der Waals surface area (Å²) in [7, 11) is 0.